The minimum absolute atomic E-state index is 0.135. The molecule has 0 radical (unpaired) electrons. The van der Waals surface area contributed by atoms with Crippen molar-refractivity contribution in [3.8, 4) is 16.9 Å². The Bertz CT molecular complexity index is 1080. The number of halogens is 5. The van der Waals surface area contributed by atoms with Crippen LogP contribution in [-0.2, 0) is 6.11 Å². The molecule has 1 nitrogen and oxygen atoms in total. The molecule has 34 heavy (non-hydrogen) atoms. The highest BCUT2D eigenvalue weighted by atomic mass is 19.3. The van der Waals surface area contributed by atoms with E-state index in [4.69, 9.17) is 4.74 Å². The van der Waals surface area contributed by atoms with Crippen molar-refractivity contribution in [1.82, 2.24) is 0 Å². The van der Waals surface area contributed by atoms with Gasteiger partial charge < -0.3 is 4.74 Å². The van der Waals surface area contributed by atoms with Crippen LogP contribution in [0, 0.1) is 23.4 Å². The summed E-state index contributed by atoms with van der Waals surface area (Å²) >= 11 is 0. The van der Waals surface area contributed by atoms with Gasteiger partial charge >= 0.3 is 6.11 Å². The summed E-state index contributed by atoms with van der Waals surface area (Å²) in [6.45, 7) is 2.17. The van der Waals surface area contributed by atoms with E-state index >= 15 is 0 Å². The van der Waals surface area contributed by atoms with Crippen molar-refractivity contribution in [3.05, 3.63) is 89.2 Å². The van der Waals surface area contributed by atoms with Crippen LogP contribution < -0.4 is 4.74 Å². The average Bonchev–Trinajstić information content (AvgIpc) is 2.81. The van der Waals surface area contributed by atoms with Gasteiger partial charge in [0.15, 0.2) is 0 Å². The Hall–Kier alpha value is -2.89. The summed E-state index contributed by atoms with van der Waals surface area (Å²) < 4.78 is 76.6. The molecule has 0 aromatic heterocycles. The van der Waals surface area contributed by atoms with Crippen LogP contribution in [0.5, 0.6) is 5.75 Å². The normalized spacial score (nSPS) is 18.6. The van der Waals surface area contributed by atoms with Crippen LogP contribution in [0.1, 0.15) is 62.5 Å². The van der Waals surface area contributed by atoms with Gasteiger partial charge in [0.05, 0.1) is 11.1 Å². The Morgan fingerprint density at radius 3 is 1.97 bits per heavy atom. The molecule has 0 bridgehead atoms. The maximum atomic E-state index is 15.0. The van der Waals surface area contributed by atoms with E-state index in [-0.39, 0.29) is 22.8 Å². The van der Waals surface area contributed by atoms with Crippen molar-refractivity contribution in [2.24, 2.45) is 5.92 Å². The lowest BCUT2D eigenvalue weighted by Gasteiger charge is -2.29. The SMILES string of the molecule is CCCC1CCC(c2cc(F)c(-c3ccc(C(F)(F)Oc4ccc(F)cc4)cc3)c(F)c2)CC1. The maximum Gasteiger partial charge on any atom is 0.426 e. The zero-order valence-electron chi connectivity index (χ0n) is 19.0. The van der Waals surface area contributed by atoms with Crippen LogP contribution in [-0.4, -0.2) is 0 Å². The van der Waals surface area contributed by atoms with Gasteiger partial charge in [0, 0.05) is 0 Å². The minimum Gasteiger partial charge on any atom is -0.429 e. The molecule has 4 rings (SSSR count). The predicted molar refractivity (Wildman–Crippen MR) is 122 cm³/mol. The summed E-state index contributed by atoms with van der Waals surface area (Å²) in [5, 5.41) is 0. The highest BCUT2D eigenvalue weighted by Gasteiger charge is 2.34. The van der Waals surface area contributed by atoms with E-state index in [1.54, 1.807) is 0 Å². The molecule has 0 N–H and O–H groups in total. The Morgan fingerprint density at radius 2 is 1.41 bits per heavy atom. The lowest BCUT2D eigenvalue weighted by atomic mass is 9.77. The van der Waals surface area contributed by atoms with Crippen LogP contribution in [0.15, 0.2) is 60.7 Å². The summed E-state index contributed by atoms with van der Waals surface area (Å²) in [4.78, 5) is 0. The van der Waals surface area contributed by atoms with Gasteiger partial charge in [0.2, 0.25) is 0 Å². The smallest absolute Gasteiger partial charge is 0.426 e. The number of alkyl halides is 2. The first-order valence-corrected chi connectivity index (χ1v) is 11.7. The standard InChI is InChI=1S/C28H27F5O/c1-2-3-18-4-6-19(7-5-18)21-16-25(30)27(26(31)17-21)20-8-10-22(11-9-20)28(32,33)34-24-14-12-23(29)13-15-24/h8-19H,2-7H2,1H3. The summed E-state index contributed by atoms with van der Waals surface area (Å²) in [6.07, 6.45) is 2.61. The van der Waals surface area contributed by atoms with Gasteiger partial charge in [-0.1, -0.05) is 31.9 Å². The lowest BCUT2D eigenvalue weighted by molar-refractivity contribution is -0.185. The molecule has 0 amide bonds. The van der Waals surface area contributed by atoms with E-state index < -0.39 is 29.1 Å². The van der Waals surface area contributed by atoms with Crippen LogP contribution in [0.2, 0.25) is 0 Å². The number of hydrogen-bond donors (Lipinski definition) is 0. The van der Waals surface area contributed by atoms with Crippen LogP contribution >= 0.6 is 0 Å². The maximum absolute atomic E-state index is 15.0. The van der Waals surface area contributed by atoms with Gasteiger partial charge in [-0.25, -0.2) is 13.2 Å². The van der Waals surface area contributed by atoms with E-state index in [0.717, 1.165) is 68.5 Å². The average molecular weight is 475 g/mol. The molecule has 3 aromatic rings. The Morgan fingerprint density at radius 1 is 0.824 bits per heavy atom. The van der Waals surface area contributed by atoms with E-state index in [2.05, 4.69) is 6.92 Å². The van der Waals surface area contributed by atoms with E-state index in [1.807, 2.05) is 0 Å². The molecule has 0 unspecified atom stereocenters. The van der Waals surface area contributed by atoms with Crippen molar-refractivity contribution in [1.29, 1.82) is 0 Å². The van der Waals surface area contributed by atoms with Gasteiger partial charge in [-0.05, 0) is 97.2 Å². The molecule has 0 spiro atoms. The van der Waals surface area contributed by atoms with Crippen molar-refractivity contribution in [2.75, 3.05) is 0 Å². The topological polar surface area (TPSA) is 9.23 Å². The van der Waals surface area contributed by atoms with Crippen molar-refractivity contribution >= 4 is 0 Å². The fourth-order valence-electron chi connectivity index (χ4n) is 4.84. The predicted octanol–water partition coefficient (Wildman–Crippen LogP) is 8.97. The monoisotopic (exact) mass is 474 g/mol. The molecule has 180 valence electrons. The molecule has 0 aliphatic heterocycles. The van der Waals surface area contributed by atoms with Crippen LogP contribution in [0.25, 0.3) is 11.1 Å². The second-order valence-corrected chi connectivity index (χ2v) is 9.02. The second-order valence-electron chi connectivity index (χ2n) is 9.02. The third kappa shape index (κ3) is 5.43. The zero-order valence-corrected chi connectivity index (χ0v) is 19.0. The van der Waals surface area contributed by atoms with Crippen LogP contribution in [0.4, 0.5) is 22.0 Å². The Kier molecular flexibility index (Phi) is 7.24. The molecular formula is C28H27F5O. The van der Waals surface area contributed by atoms with E-state index in [1.165, 1.54) is 30.7 Å². The third-order valence-electron chi connectivity index (χ3n) is 6.65. The van der Waals surface area contributed by atoms with Gasteiger partial charge in [-0.2, -0.15) is 8.78 Å². The summed E-state index contributed by atoms with van der Waals surface area (Å²) in [5.41, 5.74) is 0.0960. The highest BCUT2D eigenvalue weighted by molar-refractivity contribution is 5.66. The lowest BCUT2D eigenvalue weighted by Crippen LogP contribution is -2.21. The van der Waals surface area contributed by atoms with Gasteiger partial charge in [0.25, 0.3) is 0 Å². The molecule has 0 saturated heterocycles. The first kappa shape index (κ1) is 24.2. The minimum atomic E-state index is -3.70. The molecule has 6 heteroatoms. The number of ether oxygens (including phenoxy) is 1. The fourth-order valence-corrected chi connectivity index (χ4v) is 4.84. The Balaban J connectivity index is 1.50. The first-order valence-electron chi connectivity index (χ1n) is 11.7. The summed E-state index contributed by atoms with van der Waals surface area (Å²) in [7, 11) is 0. The molecule has 1 saturated carbocycles. The highest BCUT2D eigenvalue weighted by Crippen LogP contribution is 2.40. The molecule has 1 aliphatic rings. The number of benzene rings is 3. The van der Waals surface area contributed by atoms with E-state index in [9.17, 15) is 22.0 Å². The fraction of sp³-hybridized carbons (Fsp3) is 0.357. The van der Waals surface area contributed by atoms with Gasteiger partial charge in [0.1, 0.15) is 23.2 Å². The molecule has 1 aliphatic carbocycles. The largest absolute Gasteiger partial charge is 0.429 e. The number of rotatable bonds is 7. The summed E-state index contributed by atoms with van der Waals surface area (Å²) in [5.74, 6) is -1.35. The molecular weight excluding hydrogens is 447 g/mol. The second kappa shape index (κ2) is 10.2. The first-order chi connectivity index (χ1) is 16.3. The van der Waals surface area contributed by atoms with Gasteiger partial charge in [-0.15, -0.1) is 0 Å². The molecule has 0 heterocycles. The van der Waals surface area contributed by atoms with Crippen molar-refractivity contribution < 1.29 is 26.7 Å². The zero-order chi connectivity index (χ0) is 24.3. The molecule has 1 fully saturated rings. The Labute approximate surface area is 196 Å². The third-order valence-corrected chi connectivity index (χ3v) is 6.65. The van der Waals surface area contributed by atoms with Crippen molar-refractivity contribution in [3.63, 3.8) is 0 Å². The number of hydrogen-bond acceptors (Lipinski definition) is 1. The quantitative estimate of drug-likeness (QED) is 0.311. The van der Waals surface area contributed by atoms with Crippen molar-refractivity contribution in [2.45, 2.75) is 57.5 Å². The summed E-state index contributed by atoms with van der Waals surface area (Å²) in [6, 6.07) is 11.6. The van der Waals surface area contributed by atoms with E-state index in [0.29, 0.717) is 11.5 Å². The molecule has 3 aromatic carbocycles. The molecule has 0 atom stereocenters. The van der Waals surface area contributed by atoms with Gasteiger partial charge in [-0.3, -0.25) is 0 Å². The van der Waals surface area contributed by atoms with Crippen LogP contribution in [0.3, 0.4) is 0 Å².